The van der Waals surface area contributed by atoms with E-state index in [1.165, 1.54) is 0 Å². The third-order valence-corrected chi connectivity index (χ3v) is 6.36. The van der Waals surface area contributed by atoms with E-state index >= 15 is 0 Å². The molecular formula is C19H31NO3S. The summed E-state index contributed by atoms with van der Waals surface area (Å²) in [5, 5.41) is 0. The molecule has 0 aliphatic carbocycles. The zero-order valence-corrected chi connectivity index (χ0v) is 16.3. The molecule has 5 heteroatoms. The average Bonchev–Trinajstić information content (AvgIpc) is 2.55. The van der Waals surface area contributed by atoms with E-state index in [2.05, 4.69) is 27.7 Å². The predicted molar refractivity (Wildman–Crippen MR) is 98.2 cm³/mol. The lowest BCUT2D eigenvalue weighted by Crippen LogP contribution is -2.35. The maximum atomic E-state index is 12.9. The topological polar surface area (TPSA) is 46.6 Å². The van der Waals surface area contributed by atoms with Crippen LogP contribution in [-0.2, 0) is 15.4 Å². The van der Waals surface area contributed by atoms with E-state index in [1.54, 1.807) is 10.4 Å². The molecule has 2 rings (SSSR count). The Labute approximate surface area is 147 Å². The summed E-state index contributed by atoms with van der Waals surface area (Å²) in [4.78, 5) is 0.386. The summed E-state index contributed by atoms with van der Waals surface area (Å²) >= 11 is 0. The van der Waals surface area contributed by atoms with Gasteiger partial charge in [-0.15, -0.1) is 0 Å². The second-order valence-electron chi connectivity index (χ2n) is 7.57. The minimum absolute atomic E-state index is 0.172. The SMILES string of the molecule is CCCCOc1ccc(S(=O)(=O)N2CCCCC2)cc1C(C)(C)C. The van der Waals surface area contributed by atoms with Gasteiger partial charge in [-0.3, -0.25) is 0 Å². The molecule has 0 saturated carbocycles. The number of sulfonamides is 1. The van der Waals surface area contributed by atoms with Gasteiger partial charge in [-0.1, -0.05) is 40.5 Å². The van der Waals surface area contributed by atoms with Crippen LogP contribution in [-0.4, -0.2) is 32.4 Å². The van der Waals surface area contributed by atoms with Gasteiger partial charge in [0.25, 0.3) is 0 Å². The number of hydrogen-bond acceptors (Lipinski definition) is 3. The molecule has 0 N–H and O–H groups in total. The summed E-state index contributed by atoms with van der Waals surface area (Å²) in [6.45, 7) is 10.3. The Morgan fingerprint density at radius 2 is 1.79 bits per heavy atom. The molecule has 0 amide bonds. The molecule has 0 radical (unpaired) electrons. The van der Waals surface area contributed by atoms with Gasteiger partial charge in [0.05, 0.1) is 11.5 Å². The Morgan fingerprint density at radius 3 is 2.38 bits per heavy atom. The first-order valence-corrected chi connectivity index (χ1v) is 10.5. The van der Waals surface area contributed by atoms with Crippen LogP contribution in [0.3, 0.4) is 0 Å². The van der Waals surface area contributed by atoms with Crippen LogP contribution in [0.25, 0.3) is 0 Å². The standard InChI is InChI=1S/C19H31NO3S/c1-5-6-14-23-18-11-10-16(15-17(18)19(2,3)4)24(21,22)20-12-8-7-9-13-20/h10-11,15H,5-9,12-14H2,1-4H3. The molecule has 1 fully saturated rings. The van der Waals surface area contributed by atoms with Crippen LogP contribution >= 0.6 is 0 Å². The van der Waals surface area contributed by atoms with Crippen LogP contribution in [0.2, 0.25) is 0 Å². The van der Waals surface area contributed by atoms with E-state index in [1.807, 2.05) is 12.1 Å². The molecule has 1 aromatic rings. The molecule has 1 aliphatic heterocycles. The number of unbranched alkanes of at least 4 members (excludes halogenated alkanes) is 1. The molecule has 24 heavy (non-hydrogen) atoms. The number of benzene rings is 1. The van der Waals surface area contributed by atoms with Gasteiger partial charge >= 0.3 is 0 Å². The highest BCUT2D eigenvalue weighted by Crippen LogP contribution is 2.34. The van der Waals surface area contributed by atoms with Gasteiger partial charge in [0, 0.05) is 18.7 Å². The molecule has 0 bridgehead atoms. The Balaban J connectivity index is 2.34. The summed E-state index contributed by atoms with van der Waals surface area (Å²) in [5.74, 6) is 0.800. The molecule has 0 aromatic heterocycles. The van der Waals surface area contributed by atoms with Crippen LogP contribution in [0.1, 0.15) is 65.4 Å². The van der Waals surface area contributed by atoms with Gasteiger partial charge in [-0.25, -0.2) is 8.42 Å². The van der Waals surface area contributed by atoms with Crippen molar-refractivity contribution in [2.45, 2.75) is 70.1 Å². The minimum Gasteiger partial charge on any atom is -0.493 e. The second-order valence-corrected chi connectivity index (χ2v) is 9.51. The van der Waals surface area contributed by atoms with Crippen LogP contribution in [0.4, 0.5) is 0 Å². The number of piperidine rings is 1. The van der Waals surface area contributed by atoms with E-state index in [0.717, 1.165) is 43.4 Å². The first-order valence-electron chi connectivity index (χ1n) is 9.04. The zero-order valence-electron chi connectivity index (χ0n) is 15.5. The van der Waals surface area contributed by atoms with Crippen molar-refractivity contribution in [1.82, 2.24) is 4.31 Å². The van der Waals surface area contributed by atoms with E-state index in [9.17, 15) is 8.42 Å². The Morgan fingerprint density at radius 1 is 1.12 bits per heavy atom. The van der Waals surface area contributed by atoms with Crippen LogP contribution in [0.15, 0.2) is 23.1 Å². The van der Waals surface area contributed by atoms with E-state index in [4.69, 9.17) is 4.74 Å². The summed E-state index contributed by atoms with van der Waals surface area (Å²) in [5.41, 5.74) is 0.784. The molecule has 0 atom stereocenters. The summed E-state index contributed by atoms with van der Waals surface area (Å²) in [7, 11) is -3.41. The zero-order chi connectivity index (χ0) is 17.8. The number of ether oxygens (including phenoxy) is 1. The van der Waals surface area contributed by atoms with Crippen molar-refractivity contribution in [2.75, 3.05) is 19.7 Å². The van der Waals surface area contributed by atoms with Crippen molar-refractivity contribution in [3.63, 3.8) is 0 Å². The Kier molecular flexibility index (Phi) is 6.32. The smallest absolute Gasteiger partial charge is 0.243 e. The molecule has 1 aliphatic rings. The first kappa shape index (κ1) is 19.3. The van der Waals surface area contributed by atoms with E-state index in [-0.39, 0.29) is 5.41 Å². The number of rotatable bonds is 6. The average molecular weight is 354 g/mol. The van der Waals surface area contributed by atoms with Crippen molar-refractivity contribution in [2.24, 2.45) is 0 Å². The summed E-state index contributed by atoms with van der Waals surface area (Å²) in [6, 6.07) is 5.33. The van der Waals surface area contributed by atoms with Gasteiger partial charge in [0.15, 0.2) is 0 Å². The van der Waals surface area contributed by atoms with Crippen molar-refractivity contribution >= 4 is 10.0 Å². The largest absolute Gasteiger partial charge is 0.493 e. The molecule has 136 valence electrons. The lowest BCUT2D eigenvalue weighted by molar-refractivity contribution is 0.300. The molecular weight excluding hydrogens is 322 g/mol. The minimum atomic E-state index is -3.41. The predicted octanol–water partition coefficient (Wildman–Crippen LogP) is 4.34. The quantitative estimate of drug-likeness (QED) is 0.715. The van der Waals surface area contributed by atoms with E-state index in [0.29, 0.717) is 24.6 Å². The normalized spacial score (nSPS) is 17.0. The lowest BCUT2D eigenvalue weighted by Gasteiger charge is -2.28. The molecule has 0 spiro atoms. The highest BCUT2D eigenvalue weighted by atomic mass is 32.2. The fourth-order valence-corrected chi connectivity index (χ4v) is 4.51. The Bertz CT molecular complexity index is 641. The number of hydrogen-bond donors (Lipinski definition) is 0. The number of nitrogens with zero attached hydrogens (tertiary/aromatic N) is 1. The first-order chi connectivity index (χ1) is 11.3. The van der Waals surface area contributed by atoms with Gasteiger partial charge in [-0.2, -0.15) is 4.31 Å². The van der Waals surface area contributed by atoms with Gasteiger partial charge < -0.3 is 4.74 Å². The van der Waals surface area contributed by atoms with Gasteiger partial charge in [0.1, 0.15) is 5.75 Å². The Hall–Kier alpha value is -1.07. The summed E-state index contributed by atoms with van der Waals surface area (Å²) < 4.78 is 33.4. The highest BCUT2D eigenvalue weighted by Gasteiger charge is 2.28. The van der Waals surface area contributed by atoms with Crippen LogP contribution < -0.4 is 4.74 Å². The fraction of sp³-hybridized carbons (Fsp3) is 0.684. The molecule has 1 saturated heterocycles. The van der Waals surface area contributed by atoms with Crippen LogP contribution in [0.5, 0.6) is 5.75 Å². The second kappa shape index (κ2) is 7.87. The van der Waals surface area contributed by atoms with Crippen molar-refractivity contribution in [3.05, 3.63) is 23.8 Å². The lowest BCUT2D eigenvalue weighted by atomic mass is 9.86. The molecule has 1 heterocycles. The van der Waals surface area contributed by atoms with Crippen molar-refractivity contribution in [1.29, 1.82) is 0 Å². The van der Waals surface area contributed by atoms with Crippen molar-refractivity contribution < 1.29 is 13.2 Å². The molecule has 4 nitrogen and oxygen atoms in total. The summed E-state index contributed by atoms with van der Waals surface area (Å²) in [6.07, 6.45) is 5.08. The fourth-order valence-electron chi connectivity index (χ4n) is 2.96. The molecule has 0 unspecified atom stereocenters. The van der Waals surface area contributed by atoms with E-state index < -0.39 is 10.0 Å². The third kappa shape index (κ3) is 4.51. The molecule has 1 aromatic carbocycles. The van der Waals surface area contributed by atoms with Crippen molar-refractivity contribution in [3.8, 4) is 5.75 Å². The van der Waals surface area contributed by atoms with Gasteiger partial charge in [-0.05, 0) is 42.9 Å². The highest BCUT2D eigenvalue weighted by molar-refractivity contribution is 7.89. The third-order valence-electron chi connectivity index (χ3n) is 4.47. The van der Waals surface area contributed by atoms with Crippen LogP contribution in [0, 0.1) is 0 Å². The van der Waals surface area contributed by atoms with Gasteiger partial charge in [0.2, 0.25) is 10.0 Å². The maximum absolute atomic E-state index is 12.9. The monoisotopic (exact) mass is 353 g/mol. The maximum Gasteiger partial charge on any atom is 0.243 e.